The lowest BCUT2D eigenvalue weighted by Crippen LogP contribution is -2.30. The molecule has 2 aromatic carbocycles. The Bertz CT molecular complexity index is 819. The molecule has 2 aromatic rings. The fourth-order valence-corrected chi connectivity index (χ4v) is 4.45. The van der Waals surface area contributed by atoms with Crippen molar-refractivity contribution >= 4 is 10.0 Å². The van der Waals surface area contributed by atoms with Crippen LogP contribution in [0.5, 0.6) is 0 Å². The molecule has 0 spiro atoms. The minimum atomic E-state index is -3.22. The summed E-state index contributed by atoms with van der Waals surface area (Å²) in [6.07, 6.45) is 2.38. The topological polar surface area (TPSA) is 72.2 Å². The minimum absolute atomic E-state index is 0.0518. The first kappa shape index (κ1) is 21.6. The van der Waals surface area contributed by atoms with Gasteiger partial charge in [-0.3, -0.25) is 0 Å². The van der Waals surface area contributed by atoms with Gasteiger partial charge in [0.2, 0.25) is 10.0 Å². The summed E-state index contributed by atoms with van der Waals surface area (Å²) in [5.74, 6) is 0.355. The first-order valence-corrected chi connectivity index (χ1v) is 11.4. The Morgan fingerprint density at radius 3 is 2.37 bits per heavy atom. The summed E-state index contributed by atoms with van der Waals surface area (Å²) < 4.78 is 26.6. The molecule has 3 N–H and O–H groups in total. The molecule has 0 aliphatic rings. The average Bonchev–Trinajstić information content (AvgIpc) is 2.66. The van der Waals surface area contributed by atoms with Gasteiger partial charge in [-0.15, -0.1) is 0 Å². The summed E-state index contributed by atoms with van der Waals surface area (Å²) in [4.78, 5) is 0. The van der Waals surface area contributed by atoms with Gasteiger partial charge in [-0.05, 0) is 48.4 Å². The summed E-state index contributed by atoms with van der Waals surface area (Å²) in [6.45, 7) is 6.39. The molecule has 27 heavy (non-hydrogen) atoms. The van der Waals surface area contributed by atoms with Crippen LogP contribution in [0.25, 0.3) is 0 Å². The van der Waals surface area contributed by atoms with Gasteiger partial charge in [0.15, 0.2) is 0 Å². The van der Waals surface area contributed by atoms with Crippen molar-refractivity contribution in [2.75, 3.05) is 5.75 Å². The van der Waals surface area contributed by atoms with Crippen molar-refractivity contribution in [3.8, 4) is 0 Å². The van der Waals surface area contributed by atoms with Crippen LogP contribution >= 0.6 is 0 Å². The molecule has 5 heteroatoms. The zero-order valence-corrected chi connectivity index (χ0v) is 17.4. The molecular formula is C22H32N2O2S. The van der Waals surface area contributed by atoms with Gasteiger partial charge >= 0.3 is 0 Å². The quantitative estimate of drug-likeness (QED) is 0.649. The predicted octanol–water partition coefficient (Wildman–Crippen LogP) is 3.89. The van der Waals surface area contributed by atoms with Crippen LogP contribution in [0, 0.1) is 6.92 Å². The largest absolute Gasteiger partial charge is 0.327 e. The monoisotopic (exact) mass is 388 g/mol. The van der Waals surface area contributed by atoms with Crippen LogP contribution in [0.15, 0.2) is 48.5 Å². The van der Waals surface area contributed by atoms with E-state index in [0.717, 1.165) is 18.4 Å². The maximum Gasteiger partial charge on any atom is 0.211 e. The minimum Gasteiger partial charge on any atom is -0.327 e. The smallest absolute Gasteiger partial charge is 0.211 e. The first-order valence-electron chi connectivity index (χ1n) is 9.72. The molecule has 2 rings (SSSR count). The highest BCUT2D eigenvalue weighted by Crippen LogP contribution is 2.29. The number of rotatable bonds is 10. The number of aryl methyl sites for hydroxylation is 1. The SMILES string of the molecule is CCCS(=O)(=O)NCc1ccc(C)c(C(Cc2ccccc2)C(N)CC)c1. The molecule has 0 aliphatic carbocycles. The third-order valence-corrected chi connectivity index (χ3v) is 6.53. The van der Waals surface area contributed by atoms with Gasteiger partial charge in [0.1, 0.15) is 0 Å². The third kappa shape index (κ3) is 6.45. The average molecular weight is 389 g/mol. The van der Waals surface area contributed by atoms with E-state index in [0.29, 0.717) is 13.0 Å². The van der Waals surface area contributed by atoms with Crippen molar-refractivity contribution in [1.29, 1.82) is 0 Å². The Hall–Kier alpha value is -1.69. The maximum absolute atomic E-state index is 12.0. The van der Waals surface area contributed by atoms with Crippen LogP contribution in [0.2, 0.25) is 0 Å². The van der Waals surface area contributed by atoms with Crippen molar-refractivity contribution in [1.82, 2.24) is 4.72 Å². The van der Waals surface area contributed by atoms with Crippen LogP contribution in [-0.4, -0.2) is 20.2 Å². The van der Waals surface area contributed by atoms with Gasteiger partial charge in [0.25, 0.3) is 0 Å². The second-order valence-electron chi connectivity index (χ2n) is 7.20. The Kier molecular flexibility index (Phi) is 8.02. The summed E-state index contributed by atoms with van der Waals surface area (Å²) in [5.41, 5.74) is 11.1. The van der Waals surface area contributed by atoms with Crippen molar-refractivity contribution < 1.29 is 8.42 Å². The molecule has 0 radical (unpaired) electrons. The van der Waals surface area contributed by atoms with Crippen molar-refractivity contribution in [2.24, 2.45) is 5.73 Å². The third-order valence-electron chi connectivity index (χ3n) is 5.00. The van der Waals surface area contributed by atoms with E-state index in [2.05, 4.69) is 55.0 Å². The standard InChI is InChI=1S/C22H32N2O2S/c1-4-13-27(25,26)24-16-19-12-11-17(3)20(15-19)21(22(23)5-2)14-18-9-7-6-8-10-18/h6-12,15,21-22,24H,4-5,13-14,16,23H2,1-3H3. The number of hydrogen-bond donors (Lipinski definition) is 2. The molecule has 0 heterocycles. The highest BCUT2D eigenvalue weighted by atomic mass is 32.2. The molecule has 0 bridgehead atoms. The zero-order chi connectivity index (χ0) is 19.9. The predicted molar refractivity (Wildman–Crippen MR) is 113 cm³/mol. The maximum atomic E-state index is 12.0. The van der Waals surface area contributed by atoms with E-state index in [1.165, 1.54) is 16.7 Å². The molecule has 2 atom stereocenters. The first-order chi connectivity index (χ1) is 12.9. The fourth-order valence-electron chi connectivity index (χ4n) is 3.38. The van der Waals surface area contributed by atoms with Crippen LogP contribution in [0.1, 0.15) is 54.9 Å². The number of hydrogen-bond acceptors (Lipinski definition) is 3. The lowest BCUT2D eigenvalue weighted by atomic mass is 9.82. The molecule has 0 amide bonds. The number of benzene rings is 2. The lowest BCUT2D eigenvalue weighted by molar-refractivity contribution is 0.512. The van der Waals surface area contributed by atoms with Crippen LogP contribution in [0.4, 0.5) is 0 Å². The second-order valence-corrected chi connectivity index (χ2v) is 9.13. The Labute approximate surface area is 164 Å². The molecule has 2 unspecified atom stereocenters. The van der Waals surface area contributed by atoms with E-state index in [-0.39, 0.29) is 17.7 Å². The molecule has 0 aromatic heterocycles. The van der Waals surface area contributed by atoms with Gasteiger partial charge in [-0.25, -0.2) is 13.1 Å². The van der Waals surface area contributed by atoms with Crippen molar-refractivity contribution in [2.45, 2.75) is 58.5 Å². The molecule has 0 saturated heterocycles. The van der Waals surface area contributed by atoms with Gasteiger partial charge in [-0.1, -0.05) is 62.4 Å². The van der Waals surface area contributed by atoms with Crippen molar-refractivity contribution in [3.05, 3.63) is 70.8 Å². The van der Waals surface area contributed by atoms with E-state index >= 15 is 0 Å². The molecule has 0 fully saturated rings. The highest BCUT2D eigenvalue weighted by Gasteiger charge is 2.21. The summed E-state index contributed by atoms with van der Waals surface area (Å²) in [5, 5.41) is 0. The Balaban J connectivity index is 2.27. The summed E-state index contributed by atoms with van der Waals surface area (Å²) in [6, 6.07) is 16.6. The van der Waals surface area contributed by atoms with E-state index in [1.54, 1.807) is 0 Å². The normalized spacial score (nSPS) is 14.1. The molecular weight excluding hydrogens is 356 g/mol. The lowest BCUT2D eigenvalue weighted by Gasteiger charge is -2.26. The fraction of sp³-hybridized carbons (Fsp3) is 0.455. The molecule has 0 saturated carbocycles. The van der Waals surface area contributed by atoms with E-state index in [1.807, 2.05) is 19.1 Å². The van der Waals surface area contributed by atoms with Crippen LogP contribution in [-0.2, 0) is 23.0 Å². The molecule has 4 nitrogen and oxygen atoms in total. The van der Waals surface area contributed by atoms with Gasteiger partial charge in [0.05, 0.1) is 5.75 Å². The van der Waals surface area contributed by atoms with Gasteiger partial charge < -0.3 is 5.73 Å². The number of sulfonamides is 1. The summed E-state index contributed by atoms with van der Waals surface area (Å²) in [7, 11) is -3.22. The van der Waals surface area contributed by atoms with Gasteiger partial charge in [-0.2, -0.15) is 0 Å². The zero-order valence-electron chi connectivity index (χ0n) is 16.6. The van der Waals surface area contributed by atoms with E-state index < -0.39 is 10.0 Å². The van der Waals surface area contributed by atoms with Crippen molar-refractivity contribution in [3.63, 3.8) is 0 Å². The molecule has 148 valence electrons. The van der Waals surface area contributed by atoms with Crippen LogP contribution < -0.4 is 10.5 Å². The second kappa shape index (κ2) is 10.0. The van der Waals surface area contributed by atoms with E-state index in [9.17, 15) is 8.42 Å². The highest BCUT2D eigenvalue weighted by molar-refractivity contribution is 7.89. The Morgan fingerprint density at radius 2 is 1.74 bits per heavy atom. The Morgan fingerprint density at radius 1 is 1.04 bits per heavy atom. The number of nitrogens with two attached hydrogens (primary N) is 1. The molecule has 0 aliphatic heterocycles. The van der Waals surface area contributed by atoms with E-state index in [4.69, 9.17) is 5.73 Å². The summed E-state index contributed by atoms with van der Waals surface area (Å²) >= 11 is 0. The van der Waals surface area contributed by atoms with Crippen LogP contribution in [0.3, 0.4) is 0 Å². The number of nitrogens with one attached hydrogen (secondary N) is 1. The van der Waals surface area contributed by atoms with Gasteiger partial charge in [0, 0.05) is 18.5 Å².